The van der Waals surface area contributed by atoms with Gasteiger partial charge >= 0.3 is 0 Å². The van der Waals surface area contributed by atoms with E-state index >= 15 is 0 Å². The number of hydrogen-bond acceptors (Lipinski definition) is 7. The molecule has 2 aliphatic rings. The van der Waals surface area contributed by atoms with Gasteiger partial charge in [-0.15, -0.1) is 0 Å². The van der Waals surface area contributed by atoms with E-state index in [1.807, 2.05) is 0 Å². The molecule has 0 aliphatic carbocycles. The first kappa shape index (κ1) is 14.5. The zero-order valence-electron chi connectivity index (χ0n) is 12.5. The number of aromatic nitrogens is 2. The van der Waals surface area contributed by atoms with Gasteiger partial charge in [0.2, 0.25) is 0 Å². The van der Waals surface area contributed by atoms with Gasteiger partial charge in [-0.25, -0.2) is 15.8 Å². The summed E-state index contributed by atoms with van der Waals surface area (Å²) in [5, 5.41) is 3.39. The summed E-state index contributed by atoms with van der Waals surface area (Å²) in [4.78, 5) is 11.0. The molecule has 2 saturated heterocycles. The summed E-state index contributed by atoms with van der Waals surface area (Å²) >= 11 is 0. The highest BCUT2D eigenvalue weighted by molar-refractivity contribution is 5.56. The van der Waals surface area contributed by atoms with Gasteiger partial charge in [0.05, 0.1) is 12.7 Å². The van der Waals surface area contributed by atoms with Crippen LogP contribution in [-0.4, -0.2) is 53.3 Å². The number of anilines is 2. The summed E-state index contributed by atoms with van der Waals surface area (Å²) in [6, 6.07) is 0.638. The molecule has 7 nitrogen and oxygen atoms in total. The molecule has 0 saturated carbocycles. The van der Waals surface area contributed by atoms with Crippen LogP contribution in [0.15, 0.2) is 6.33 Å². The number of nitrogens with one attached hydrogen (secondary N) is 2. The monoisotopic (exact) mass is 292 g/mol. The minimum absolute atomic E-state index is 0.216. The quantitative estimate of drug-likeness (QED) is 0.541. The fraction of sp³-hybridized carbons (Fsp3) is 0.714. The van der Waals surface area contributed by atoms with E-state index in [0.29, 0.717) is 11.9 Å². The number of hydrazine groups is 1. The number of fused-ring (bicyclic) bond motifs is 1. The number of ether oxygens (including phenoxy) is 1. The molecule has 2 fully saturated rings. The van der Waals surface area contributed by atoms with Gasteiger partial charge in [0.15, 0.2) is 0 Å². The van der Waals surface area contributed by atoms with E-state index in [1.54, 1.807) is 0 Å². The molecule has 0 radical (unpaired) electrons. The van der Waals surface area contributed by atoms with Crippen LogP contribution in [0.1, 0.15) is 25.3 Å². The molecule has 2 atom stereocenters. The Morgan fingerprint density at radius 2 is 2.29 bits per heavy atom. The second-order valence-corrected chi connectivity index (χ2v) is 5.67. The maximum absolute atomic E-state index is 5.96. The summed E-state index contributed by atoms with van der Waals surface area (Å²) < 4.78 is 5.96. The van der Waals surface area contributed by atoms with Crippen molar-refractivity contribution < 1.29 is 4.74 Å². The zero-order valence-corrected chi connectivity index (χ0v) is 12.5. The molecule has 0 amide bonds. The van der Waals surface area contributed by atoms with Crippen molar-refractivity contribution in [2.75, 3.05) is 37.0 Å². The Morgan fingerprint density at radius 3 is 3.10 bits per heavy atom. The van der Waals surface area contributed by atoms with Crippen LogP contribution in [0.3, 0.4) is 0 Å². The highest BCUT2D eigenvalue weighted by Crippen LogP contribution is 2.23. The van der Waals surface area contributed by atoms with Crippen molar-refractivity contribution in [2.45, 2.75) is 38.3 Å². The van der Waals surface area contributed by atoms with E-state index in [4.69, 9.17) is 10.6 Å². The van der Waals surface area contributed by atoms with Crippen LogP contribution in [0.25, 0.3) is 0 Å². The van der Waals surface area contributed by atoms with Gasteiger partial charge in [-0.3, -0.25) is 4.90 Å². The third kappa shape index (κ3) is 3.09. The Bertz CT molecular complexity index is 483. The van der Waals surface area contributed by atoms with E-state index in [0.717, 1.165) is 37.5 Å². The molecule has 21 heavy (non-hydrogen) atoms. The number of morpholine rings is 1. The van der Waals surface area contributed by atoms with Gasteiger partial charge < -0.3 is 15.5 Å². The van der Waals surface area contributed by atoms with Crippen LogP contribution < -0.4 is 16.6 Å². The largest absolute Gasteiger partial charge is 0.373 e. The summed E-state index contributed by atoms with van der Waals surface area (Å²) in [5.74, 6) is 7.01. The highest BCUT2D eigenvalue weighted by Gasteiger charge is 2.32. The van der Waals surface area contributed by atoms with Crippen LogP contribution in [0.2, 0.25) is 0 Å². The Kier molecular flexibility index (Phi) is 4.52. The molecular weight excluding hydrogens is 268 g/mol. The molecule has 7 heteroatoms. The van der Waals surface area contributed by atoms with Crippen LogP contribution in [-0.2, 0) is 11.2 Å². The summed E-state index contributed by atoms with van der Waals surface area (Å²) in [6.07, 6.45) is 5.13. The molecular formula is C14H24N6O. The lowest BCUT2D eigenvalue weighted by Crippen LogP contribution is -2.48. The Hall–Kier alpha value is -1.44. The second kappa shape index (κ2) is 6.55. The standard InChI is InChI=1S/C14H24N6O/c1-2-12-13(17-9-18-14(12)19-15)16-6-11-7-20-5-3-4-10(20)8-21-11/h9-11H,2-8,15H2,1H3,(H2,16,17,18,19). The van der Waals surface area contributed by atoms with Crippen LogP contribution in [0.5, 0.6) is 0 Å². The van der Waals surface area contributed by atoms with Crippen LogP contribution >= 0.6 is 0 Å². The number of nitrogens with zero attached hydrogens (tertiary/aromatic N) is 3. The number of nitrogens with two attached hydrogens (primary N) is 1. The van der Waals surface area contributed by atoms with Crippen molar-refractivity contribution in [3.05, 3.63) is 11.9 Å². The average molecular weight is 292 g/mol. The van der Waals surface area contributed by atoms with Crippen molar-refractivity contribution in [1.82, 2.24) is 14.9 Å². The minimum atomic E-state index is 0.216. The smallest absolute Gasteiger partial charge is 0.148 e. The van der Waals surface area contributed by atoms with Crippen molar-refractivity contribution in [2.24, 2.45) is 5.84 Å². The average Bonchev–Trinajstić information content (AvgIpc) is 2.99. The van der Waals surface area contributed by atoms with Gasteiger partial charge in [0, 0.05) is 24.7 Å². The maximum atomic E-state index is 5.96. The Labute approximate surface area is 125 Å². The van der Waals surface area contributed by atoms with Gasteiger partial charge in [-0.05, 0) is 25.8 Å². The predicted molar refractivity (Wildman–Crippen MR) is 82.0 cm³/mol. The van der Waals surface area contributed by atoms with E-state index in [1.165, 1.54) is 25.7 Å². The first-order chi connectivity index (χ1) is 10.3. The molecule has 0 spiro atoms. The van der Waals surface area contributed by atoms with E-state index in [2.05, 4.69) is 32.5 Å². The van der Waals surface area contributed by atoms with Gasteiger partial charge in [0.1, 0.15) is 18.0 Å². The molecule has 2 unspecified atom stereocenters. The first-order valence-electron chi connectivity index (χ1n) is 7.71. The third-order valence-corrected chi connectivity index (χ3v) is 4.39. The predicted octanol–water partition coefficient (Wildman–Crippen LogP) is 0.600. The van der Waals surface area contributed by atoms with Crippen LogP contribution in [0.4, 0.5) is 11.6 Å². The topological polar surface area (TPSA) is 88.3 Å². The van der Waals surface area contributed by atoms with Gasteiger partial charge in [-0.2, -0.15) is 0 Å². The Balaban J connectivity index is 1.60. The molecule has 0 aromatic carbocycles. The molecule has 2 aliphatic heterocycles. The van der Waals surface area contributed by atoms with E-state index in [9.17, 15) is 0 Å². The summed E-state index contributed by atoms with van der Waals surface area (Å²) in [7, 11) is 0. The lowest BCUT2D eigenvalue weighted by atomic mass is 10.2. The van der Waals surface area contributed by atoms with Gasteiger partial charge in [0.25, 0.3) is 0 Å². The van der Waals surface area contributed by atoms with Crippen molar-refractivity contribution >= 4 is 11.6 Å². The fourth-order valence-corrected chi connectivity index (χ4v) is 3.24. The summed E-state index contributed by atoms with van der Waals surface area (Å²) in [6.45, 7) is 5.89. The van der Waals surface area contributed by atoms with E-state index in [-0.39, 0.29) is 6.10 Å². The number of hydrogen-bond donors (Lipinski definition) is 3. The van der Waals surface area contributed by atoms with Gasteiger partial charge in [-0.1, -0.05) is 6.92 Å². The lowest BCUT2D eigenvalue weighted by molar-refractivity contribution is -0.0416. The van der Waals surface area contributed by atoms with Crippen LogP contribution in [0, 0.1) is 0 Å². The minimum Gasteiger partial charge on any atom is -0.373 e. The SMILES string of the molecule is CCc1c(NN)ncnc1NCC1CN2CCCC2CO1. The highest BCUT2D eigenvalue weighted by atomic mass is 16.5. The van der Waals surface area contributed by atoms with E-state index < -0.39 is 0 Å². The first-order valence-corrected chi connectivity index (χ1v) is 7.71. The Morgan fingerprint density at radius 1 is 1.43 bits per heavy atom. The normalized spacial score (nSPS) is 25.6. The number of nitrogen functional groups attached to an aromatic ring is 1. The zero-order chi connectivity index (χ0) is 14.7. The molecule has 4 N–H and O–H groups in total. The summed E-state index contributed by atoms with van der Waals surface area (Å²) in [5.41, 5.74) is 3.63. The molecule has 1 aromatic heterocycles. The van der Waals surface area contributed by atoms with Crippen molar-refractivity contribution in [1.29, 1.82) is 0 Å². The fourth-order valence-electron chi connectivity index (χ4n) is 3.24. The molecule has 3 rings (SSSR count). The maximum Gasteiger partial charge on any atom is 0.148 e. The molecule has 1 aromatic rings. The molecule has 116 valence electrons. The van der Waals surface area contributed by atoms with Crippen molar-refractivity contribution in [3.63, 3.8) is 0 Å². The third-order valence-electron chi connectivity index (χ3n) is 4.39. The number of rotatable bonds is 5. The lowest BCUT2D eigenvalue weighted by Gasteiger charge is -2.35. The molecule has 3 heterocycles. The molecule has 0 bridgehead atoms. The second-order valence-electron chi connectivity index (χ2n) is 5.67. The van der Waals surface area contributed by atoms with Crippen molar-refractivity contribution in [3.8, 4) is 0 Å².